The number of hydrogen-bond acceptors (Lipinski definition) is 0. The van der Waals surface area contributed by atoms with Crippen molar-refractivity contribution in [1.29, 1.82) is 0 Å². The molecule has 0 atom stereocenters. The molecule has 0 spiro atoms. The van der Waals surface area contributed by atoms with Gasteiger partial charge in [-0.15, -0.1) is 63.0 Å². The van der Waals surface area contributed by atoms with Gasteiger partial charge in [-0.1, -0.05) is 152 Å². The summed E-state index contributed by atoms with van der Waals surface area (Å²) in [5, 5.41) is 5.57. The summed E-state index contributed by atoms with van der Waals surface area (Å²) in [5.74, 6) is 0.573. The van der Waals surface area contributed by atoms with Crippen LogP contribution in [0.25, 0.3) is 43.8 Å². The number of fused-ring (bicyclic) bond motifs is 3. The Hall–Kier alpha value is -2.22. The van der Waals surface area contributed by atoms with E-state index in [4.69, 9.17) is 0 Å². The Bertz CT molecular complexity index is 1980. The van der Waals surface area contributed by atoms with Crippen molar-refractivity contribution in [3.8, 4) is 22.3 Å². The molecule has 1 aliphatic rings. The Labute approximate surface area is 343 Å². The second kappa shape index (κ2) is 18.7. The molecule has 51 heavy (non-hydrogen) atoms. The Morgan fingerprint density at radius 2 is 1.20 bits per heavy atom. The summed E-state index contributed by atoms with van der Waals surface area (Å²) >= 11 is 0. The molecule has 2 radical (unpaired) electrons. The van der Waals surface area contributed by atoms with E-state index < -0.39 is 0 Å². The summed E-state index contributed by atoms with van der Waals surface area (Å²) in [4.78, 5) is 0. The van der Waals surface area contributed by atoms with E-state index in [0.717, 1.165) is 9.52 Å². The molecule has 1 aliphatic carbocycles. The molecule has 0 aromatic heterocycles. The largest absolute Gasteiger partial charge is 4.00 e. The maximum atomic E-state index is 2.43. The topological polar surface area (TPSA) is 0 Å². The third kappa shape index (κ3) is 10.5. The molecule has 6 aromatic rings. The van der Waals surface area contributed by atoms with Crippen LogP contribution < -0.4 is 24.8 Å². The van der Waals surface area contributed by atoms with E-state index >= 15 is 0 Å². The minimum absolute atomic E-state index is 0. The van der Waals surface area contributed by atoms with Crippen LogP contribution >= 0.6 is 0 Å². The molecule has 7 rings (SSSR count). The molecule has 0 N–H and O–H groups in total. The van der Waals surface area contributed by atoms with Crippen molar-refractivity contribution in [3.63, 3.8) is 0 Å². The zero-order valence-electron chi connectivity index (χ0n) is 32.7. The molecule has 0 aliphatic heterocycles. The summed E-state index contributed by atoms with van der Waals surface area (Å²) in [7, 11) is 1.08. The van der Waals surface area contributed by atoms with Crippen molar-refractivity contribution < 1.29 is 51.0 Å². The third-order valence-corrected chi connectivity index (χ3v) is 9.77. The van der Waals surface area contributed by atoms with Gasteiger partial charge in [-0.2, -0.15) is 12.1 Å². The maximum absolute atomic E-state index is 2.43. The van der Waals surface area contributed by atoms with Crippen molar-refractivity contribution in [2.45, 2.75) is 111 Å². The van der Waals surface area contributed by atoms with Gasteiger partial charge < -0.3 is 24.8 Å². The predicted octanol–water partition coefficient (Wildman–Crippen LogP) is 7.76. The maximum Gasteiger partial charge on any atom is 4.00 e. The number of benzene rings is 4. The first kappa shape index (κ1) is 44.9. The molecular weight excluding hydrogens is 755 g/mol. The van der Waals surface area contributed by atoms with Crippen LogP contribution in [0.4, 0.5) is 0 Å². The van der Waals surface area contributed by atoms with Crippen molar-refractivity contribution >= 4 is 31.1 Å². The summed E-state index contributed by atoms with van der Waals surface area (Å²) in [6.45, 7) is 24.6. The second-order valence-electron chi connectivity index (χ2n) is 16.2. The Kier molecular flexibility index (Phi) is 16.5. The smallest absolute Gasteiger partial charge is 1.00 e. The first-order valence-electron chi connectivity index (χ1n) is 17.9. The Morgan fingerprint density at radius 3 is 1.73 bits per heavy atom. The summed E-state index contributed by atoms with van der Waals surface area (Å²) < 4.78 is 0. The van der Waals surface area contributed by atoms with Gasteiger partial charge in [0, 0.05) is 9.52 Å². The number of hydrogen-bond donors (Lipinski definition) is 0. The molecule has 0 nitrogen and oxygen atoms in total. The molecule has 0 heterocycles. The van der Waals surface area contributed by atoms with Gasteiger partial charge >= 0.3 is 26.2 Å². The van der Waals surface area contributed by atoms with E-state index in [1.807, 2.05) is 0 Å². The van der Waals surface area contributed by atoms with Crippen molar-refractivity contribution in [2.24, 2.45) is 0 Å². The zero-order chi connectivity index (χ0) is 34.8. The van der Waals surface area contributed by atoms with Crippen molar-refractivity contribution in [1.82, 2.24) is 0 Å². The molecule has 6 aromatic carbocycles. The predicted molar refractivity (Wildman–Crippen MR) is 216 cm³/mol. The van der Waals surface area contributed by atoms with Gasteiger partial charge in [0.1, 0.15) is 0 Å². The number of aryl methyl sites for hydroxylation is 2. The average molecular weight is 811 g/mol. The van der Waals surface area contributed by atoms with E-state index in [2.05, 4.69) is 172 Å². The van der Waals surface area contributed by atoms with E-state index in [0.29, 0.717) is 5.92 Å². The molecule has 0 amide bonds. The molecule has 0 unspecified atom stereocenters. The first-order valence-corrected chi connectivity index (χ1v) is 19.9. The minimum atomic E-state index is 0. The fourth-order valence-electron chi connectivity index (χ4n) is 7.03. The van der Waals surface area contributed by atoms with Crippen LogP contribution in [0.15, 0.2) is 97.1 Å². The van der Waals surface area contributed by atoms with Crippen LogP contribution in [0.3, 0.4) is 0 Å². The van der Waals surface area contributed by atoms with E-state index in [1.54, 1.807) is 11.1 Å². The SMILES string of the molecule is CC(C)c1cc2c(-c3ccc(C(C)(C)C)cc3)cccc2[cH-]1.C[Si]C.Cc1cc2c(-c3ccc(C(C)(C)C)cc3)c3c(cc2[cH-]1)CCC3.[Cl-].[Cl-].[Zr+4]. The molecule has 0 fully saturated rings. The second-order valence-corrected chi connectivity index (χ2v) is 17.2. The van der Waals surface area contributed by atoms with E-state index in [1.165, 1.54) is 85.3 Å². The number of halogens is 2. The molecule has 0 saturated carbocycles. The first-order chi connectivity index (χ1) is 22.7. The van der Waals surface area contributed by atoms with Crippen LogP contribution in [0.1, 0.15) is 101 Å². The summed E-state index contributed by atoms with van der Waals surface area (Å²) in [6, 6.07) is 36.8. The van der Waals surface area contributed by atoms with Crippen LogP contribution in [-0.2, 0) is 49.9 Å². The molecule has 0 saturated heterocycles. The fraction of sp³-hybridized carbons (Fsp3) is 0.362. The Morgan fingerprint density at radius 1 is 0.647 bits per heavy atom. The van der Waals surface area contributed by atoms with Crippen LogP contribution in [0.5, 0.6) is 0 Å². The fourth-order valence-corrected chi connectivity index (χ4v) is 7.03. The van der Waals surface area contributed by atoms with Crippen LogP contribution in [-0.4, -0.2) is 9.52 Å². The van der Waals surface area contributed by atoms with E-state index in [9.17, 15) is 0 Å². The van der Waals surface area contributed by atoms with Gasteiger partial charge in [0.05, 0.1) is 0 Å². The standard InChI is InChI=1S/C23H25.C22H25.C2H6Si.2ClH.Zr/c1-15-12-18-14-17-6-5-7-20(17)22(21(18)13-15)16-8-10-19(11-9-16)23(2,3)4;1-15(2)18-13-17-7-6-8-20(21(17)14-18)16-9-11-19(12-10-16)22(3,4)5;1-3-2;;;/h8-14H,5-7H2,1-4H3;6-15H,1-5H3;1-2H3;2*1H;/q2*-1;;;;+4/p-2. The van der Waals surface area contributed by atoms with Gasteiger partial charge in [0.25, 0.3) is 0 Å². The molecule has 266 valence electrons. The van der Waals surface area contributed by atoms with Gasteiger partial charge in [-0.3, -0.25) is 0 Å². The van der Waals surface area contributed by atoms with Gasteiger partial charge in [-0.05, 0) is 58.3 Å². The van der Waals surface area contributed by atoms with Crippen LogP contribution in [0, 0.1) is 6.92 Å². The van der Waals surface area contributed by atoms with Gasteiger partial charge in [-0.25, -0.2) is 0 Å². The monoisotopic (exact) mass is 808 g/mol. The Balaban J connectivity index is 0.000000312. The zero-order valence-corrected chi connectivity index (χ0v) is 37.7. The van der Waals surface area contributed by atoms with Crippen molar-refractivity contribution in [3.05, 3.63) is 130 Å². The normalized spacial score (nSPS) is 12.2. The quantitative estimate of drug-likeness (QED) is 0.127. The minimum Gasteiger partial charge on any atom is -1.00 e. The van der Waals surface area contributed by atoms with Crippen LogP contribution in [0.2, 0.25) is 13.1 Å². The van der Waals surface area contributed by atoms with Gasteiger partial charge in [0.15, 0.2) is 0 Å². The number of rotatable bonds is 3. The van der Waals surface area contributed by atoms with E-state index in [-0.39, 0.29) is 61.8 Å². The molecule has 4 heteroatoms. The summed E-state index contributed by atoms with van der Waals surface area (Å²) in [5.41, 5.74) is 14.7. The third-order valence-electron chi connectivity index (χ3n) is 9.77. The van der Waals surface area contributed by atoms with Gasteiger partial charge in [0.2, 0.25) is 0 Å². The summed E-state index contributed by atoms with van der Waals surface area (Å²) in [6.07, 6.45) is 3.77. The van der Waals surface area contributed by atoms with Crippen molar-refractivity contribution in [2.75, 3.05) is 0 Å². The molecule has 0 bridgehead atoms. The molecular formula is C47H56Cl2SiZr. The average Bonchev–Trinajstić information content (AvgIpc) is 3.77.